The number of halogens is 4. The van der Waals surface area contributed by atoms with Crippen LogP contribution in [-0.2, 0) is 18.0 Å². The Labute approximate surface area is 227 Å². The van der Waals surface area contributed by atoms with E-state index in [0.717, 1.165) is 37.5 Å². The molecule has 204 valence electrons. The van der Waals surface area contributed by atoms with Crippen molar-refractivity contribution in [2.75, 3.05) is 30.8 Å². The molecule has 5 rings (SSSR count). The number of pyridine rings is 1. The molecule has 0 unspecified atom stereocenters. The molecule has 1 aliphatic rings. The normalized spacial score (nSPS) is 14.9. The van der Waals surface area contributed by atoms with E-state index in [4.69, 9.17) is 16.3 Å². The topological polar surface area (TPSA) is 84.3 Å². The standard InChI is InChI=1S/C27H26ClF3N6O2/c1-36-11-8-16(9-12-36)25(38)35-24-15-19(7-10-32-24)39-18-4-6-23-22(14-18)34-26(37(23)2)33-17-3-5-20(21(28)13-17)27(29,30)31/h3-7,10,13-16H,8-9,11-12H2,1-2H3,(H,33,34)(H,32,35,38). The zero-order valence-electron chi connectivity index (χ0n) is 21.2. The van der Waals surface area contributed by atoms with E-state index in [9.17, 15) is 18.0 Å². The lowest BCUT2D eigenvalue weighted by atomic mass is 9.96. The molecule has 1 amide bonds. The van der Waals surface area contributed by atoms with Crippen LogP contribution in [0.2, 0.25) is 5.02 Å². The van der Waals surface area contributed by atoms with Crippen molar-refractivity contribution in [2.45, 2.75) is 19.0 Å². The number of carbonyl (C=O) groups excluding carboxylic acids is 1. The van der Waals surface area contributed by atoms with Crippen LogP contribution in [0.3, 0.4) is 0 Å². The number of carbonyl (C=O) groups is 1. The van der Waals surface area contributed by atoms with Crippen molar-refractivity contribution in [1.82, 2.24) is 19.4 Å². The van der Waals surface area contributed by atoms with Crippen molar-refractivity contribution >= 4 is 46.0 Å². The smallest absolute Gasteiger partial charge is 0.417 e. The van der Waals surface area contributed by atoms with Crippen molar-refractivity contribution in [3.8, 4) is 11.5 Å². The van der Waals surface area contributed by atoms with Gasteiger partial charge in [-0.2, -0.15) is 13.2 Å². The highest BCUT2D eigenvalue weighted by molar-refractivity contribution is 6.31. The number of anilines is 3. The van der Waals surface area contributed by atoms with E-state index in [1.54, 1.807) is 42.1 Å². The fraction of sp³-hybridized carbons (Fsp3) is 0.296. The number of ether oxygens (including phenoxy) is 1. The zero-order chi connectivity index (χ0) is 27.7. The van der Waals surface area contributed by atoms with Crippen molar-refractivity contribution in [3.05, 3.63) is 65.3 Å². The Hall–Kier alpha value is -3.83. The molecule has 4 aromatic rings. The van der Waals surface area contributed by atoms with E-state index < -0.39 is 16.8 Å². The predicted octanol–water partition coefficient (Wildman–Crippen LogP) is 6.46. The molecule has 39 heavy (non-hydrogen) atoms. The number of aryl methyl sites for hydroxylation is 1. The lowest BCUT2D eigenvalue weighted by molar-refractivity contribution is -0.137. The molecule has 8 nitrogen and oxygen atoms in total. The first kappa shape index (κ1) is 26.8. The van der Waals surface area contributed by atoms with Crippen LogP contribution in [0.5, 0.6) is 11.5 Å². The second-order valence-corrected chi connectivity index (χ2v) is 9.92. The Bertz CT molecular complexity index is 1520. The van der Waals surface area contributed by atoms with E-state index >= 15 is 0 Å². The Balaban J connectivity index is 1.29. The van der Waals surface area contributed by atoms with E-state index in [1.165, 1.54) is 12.1 Å². The molecule has 2 aromatic carbocycles. The van der Waals surface area contributed by atoms with Gasteiger partial charge in [0.25, 0.3) is 0 Å². The lowest BCUT2D eigenvalue weighted by Crippen LogP contribution is -2.36. The molecule has 0 saturated carbocycles. The fourth-order valence-corrected chi connectivity index (χ4v) is 4.77. The molecule has 0 bridgehead atoms. The number of rotatable bonds is 6. The van der Waals surface area contributed by atoms with E-state index in [0.29, 0.717) is 34.5 Å². The molecule has 0 radical (unpaired) electrons. The third kappa shape index (κ3) is 6.10. The summed E-state index contributed by atoms with van der Waals surface area (Å²) in [5.41, 5.74) is 0.862. The van der Waals surface area contributed by atoms with E-state index in [-0.39, 0.29) is 11.8 Å². The second kappa shape index (κ2) is 10.7. The van der Waals surface area contributed by atoms with Gasteiger partial charge in [-0.05, 0) is 69.4 Å². The number of likely N-dealkylation sites (tertiary alicyclic amines) is 1. The van der Waals surface area contributed by atoms with Crippen LogP contribution in [-0.4, -0.2) is 45.5 Å². The SMILES string of the molecule is CN1CCC(C(=O)Nc2cc(Oc3ccc4c(c3)nc(Nc3ccc(C(F)(F)F)c(Cl)c3)n4C)ccn2)CC1. The first-order valence-electron chi connectivity index (χ1n) is 12.3. The minimum absolute atomic E-state index is 0.0412. The Morgan fingerprint density at radius 3 is 2.51 bits per heavy atom. The van der Waals surface area contributed by atoms with Crippen LogP contribution in [0.4, 0.5) is 30.6 Å². The fourth-order valence-electron chi connectivity index (χ4n) is 4.48. The van der Waals surface area contributed by atoms with Crippen LogP contribution in [0, 0.1) is 5.92 Å². The molecular formula is C27H26ClF3N6O2. The van der Waals surface area contributed by atoms with E-state index in [1.807, 2.05) is 13.1 Å². The minimum Gasteiger partial charge on any atom is -0.457 e. The molecule has 12 heteroatoms. The van der Waals surface area contributed by atoms with Gasteiger partial charge in [0.1, 0.15) is 17.3 Å². The average Bonchev–Trinajstić information content (AvgIpc) is 3.18. The molecule has 2 aromatic heterocycles. The number of alkyl halides is 3. The maximum Gasteiger partial charge on any atom is 0.417 e. The van der Waals surface area contributed by atoms with Gasteiger partial charge in [-0.1, -0.05) is 11.6 Å². The van der Waals surface area contributed by atoms with Crippen LogP contribution >= 0.6 is 11.6 Å². The van der Waals surface area contributed by atoms with Gasteiger partial charge in [0.05, 0.1) is 21.6 Å². The van der Waals surface area contributed by atoms with Gasteiger partial charge in [-0.15, -0.1) is 0 Å². The van der Waals surface area contributed by atoms with Crippen LogP contribution in [0.25, 0.3) is 11.0 Å². The summed E-state index contributed by atoms with van der Waals surface area (Å²) in [6.07, 6.45) is -1.34. The number of fused-ring (bicyclic) bond motifs is 1. The quantitative estimate of drug-likeness (QED) is 0.283. The minimum atomic E-state index is -4.53. The summed E-state index contributed by atoms with van der Waals surface area (Å²) in [6.45, 7) is 1.78. The number of hydrogen-bond donors (Lipinski definition) is 2. The Kier molecular flexibility index (Phi) is 7.37. The van der Waals surface area contributed by atoms with Crippen molar-refractivity contribution in [2.24, 2.45) is 13.0 Å². The molecular weight excluding hydrogens is 533 g/mol. The summed E-state index contributed by atoms with van der Waals surface area (Å²) in [7, 11) is 3.83. The number of imidazole rings is 1. The Morgan fingerprint density at radius 1 is 1.05 bits per heavy atom. The van der Waals surface area contributed by atoms with Crippen LogP contribution < -0.4 is 15.4 Å². The summed E-state index contributed by atoms with van der Waals surface area (Å²) in [5, 5.41) is 5.50. The molecule has 1 saturated heterocycles. The van der Waals surface area contributed by atoms with Crippen molar-refractivity contribution in [3.63, 3.8) is 0 Å². The summed E-state index contributed by atoms with van der Waals surface area (Å²) >= 11 is 5.85. The maximum atomic E-state index is 13.0. The number of nitrogens with zero attached hydrogens (tertiary/aromatic N) is 4. The third-order valence-corrected chi connectivity index (χ3v) is 7.00. The number of hydrogen-bond acceptors (Lipinski definition) is 6. The lowest BCUT2D eigenvalue weighted by Gasteiger charge is -2.27. The van der Waals surface area contributed by atoms with Gasteiger partial charge in [-0.3, -0.25) is 4.79 Å². The summed E-state index contributed by atoms with van der Waals surface area (Å²) in [4.78, 5) is 23.7. The van der Waals surface area contributed by atoms with Crippen molar-refractivity contribution < 1.29 is 22.7 Å². The zero-order valence-corrected chi connectivity index (χ0v) is 22.0. The van der Waals surface area contributed by atoms with Gasteiger partial charge in [0.2, 0.25) is 11.9 Å². The Morgan fingerprint density at radius 2 is 1.79 bits per heavy atom. The first-order chi connectivity index (χ1) is 18.6. The summed E-state index contributed by atoms with van der Waals surface area (Å²) in [5.74, 6) is 1.76. The molecule has 0 spiro atoms. The second-order valence-electron chi connectivity index (χ2n) is 9.51. The number of piperidine rings is 1. The van der Waals surface area contributed by atoms with E-state index in [2.05, 4.69) is 25.5 Å². The highest BCUT2D eigenvalue weighted by Crippen LogP contribution is 2.36. The van der Waals surface area contributed by atoms with Crippen LogP contribution in [0.1, 0.15) is 18.4 Å². The molecule has 1 aliphatic heterocycles. The molecule has 1 fully saturated rings. The van der Waals surface area contributed by atoms with Gasteiger partial charge >= 0.3 is 6.18 Å². The molecule has 0 atom stereocenters. The molecule has 0 aliphatic carbocycles. The molecule has 2 N–H and O–H groups in total. The largest absolute Gasteiger partial charge is 0.457 e. The third-order valence-electron chi connectivity index (χ3n) is 6.69. The highest BCUT2D eigenvalue weighted by Gasteiger charge is 2.33. The summed E-state index contributed by atoms with van der Waals surface area (Å²) < 4.78 is 46.8. The number of benzene rings is 2. The predicted molar refractivity (Wildman–Crippen MR) is 144 cm³/mol. The number of nitrogens with one attached hydrogen (secondary N) is 2. The monoisotopic (exact) mass is 558 g/mol. The van der Waals surface area contributed by atoms with Gasteiger partial charge < -0.3 is 24.8 Å². The number of aromatic nitrogens is 3. The van der Waals surface area contributed by atoms with Crippen molar-refractivity contribution in [1.29, 1.82) is 0 Å². The van der Waals surface area contributed by atoms with Crippen LogP contribution in [0.15, 0.2) is 54.7 Å². The van der Waals surface area contributed by atoms with Gasteiger partial charge in [0, 0.05) is 37.0 Å². The number of amides is 1. The highest BCUT2D eigenvalue weighted by atomic mass is 35.5. The molecule has 3 heterocycles. The van der Waals surface area contributed by atoms with Gasteiger partial charge in [-0.25, -0.2) is 9.97 Å². The maximum absolute atomic E-state index is 13.0. The first-order valence-corrected chi connectivity index (χ1v) is 12.7. The summed E-state index contributed by atoms with van der Waals surface area (Å²) in [6, 6.07) is 12.1. The average molecular weight is 559 g/mol. The van der Waals surface area contributed by atoms with Gasteiger partial charge in [0.15, 0.2) is 0 Å².